The summed E-state index contributed by atoms with van der Waals surface area (Å²) >= 11 is 0. The smallest absolute Gasteiger partial charge is 0.416 e. The number of carbonyl (C=O) groups excluding carboxylic acids is 1. The number of carbonyl (C=O) groups is 1. The van der Waals surface area contributed by atoms with Crippen LogP contribution in [0.25, 0.3) is 0 Å². The van der Waals surface area contributed by atoms with Gasteiger partial charge in [-0.3, -0.25) is 0 Å². The molecule has 0 aromatic heterocycles. The normalized spacial score (nSPS) is 11.4. The zero-order valence-electron chi connectivity index (χ0n) is 12.3. The Morgan fingerprint density at radius 2 is 1.95 bits per heavy atom. The van der Waals surface area contributed by atoms with E-state index >= 15 is 0 Å². The van der Waals surface area contributed by atoms with Gasteiger partial charge in [0.05, 0.1) is 17.7 Å². The van der Waals surface area contributed by atoms with Crippen LogP contribution >= 0.6 is 0 Å². The first-order valence-corrected chi connectivity index (χ1v) is 6.35. The molecular formula is C15H16F3NO3. The third-order valence-electron chi connectivity index (χ3n) is 2.27. The molecule has 0 aliphatic heterocycles. The summed E-state index contributed by atoms with van der Waals surface area (Å²) in [5.74, 6) is 4.42. The van der Waals surface area contributed by atoms with E-state index in [1.54, 1.807) is 20.8 Å². The van der Waals surface area contributed by atoms with Gasteiger partial charge >= 0.3 is 12.3 Å². The molecule has 1 amide bonds. The molecule has 22 heavy (non-hydrogen) atoms. The van der Waals surface area contributed by atoms with Crippen molar-refractivity contribution in [3.63, 3.8) is 0 Å². The number of benzene rings is 1. The summed E-state index contributed by atoms with van der Waals surface area (Å²) in [5, 5.41) is 11.9. The van der Waals surface area contributed by atoms with E-state index in [-0.39, 0.29) is 12.1 Å². The molecule has 0 saturated heterocycles. The summed E-state index contributed by atoms with van der Waals surface area (Å²) in [6.45, 7) is 5.06. The molecule has 0 fully saturated rings. The summed E-state index contributed by atoms with van der Waals surface area (Å²) in [6, 6.07) is 2.50. The number of hydrogen-bond donors (Lipinski definition) is 2. The quantitative estimate of drug-likeness (QED) is 0.782. The molecule has 2 N–H and O–H groups in total. The van der Waals surface area contributed by atoms with Crippen LogP contribution in [0.2, 0.25) is 0 Å². The molecular weight excluding hydrogens is 299 g/mol. The number of phenols is 1. The first kappa shape index (κ1) is 17.7. The van der Waals surface area contributed by atoms with E-state index in [1.807, 2.05) is 0 Å². The van der Waals surface area contributed by atoms with Crippen LogP contribution in [0.4, 0.5) is 18.0 Å². The second-order valence-electron chi connectivity index (χ2n) is 5.39. The molecule has 1 aromatic carbocycles. The fourth-order valence-electron chi connectivity index (χ4n) is 1.38. The lowest BCUT2D eigenvalue weighted by Gasteiger charge is -2.19. The van der Waals surface area contributed by atoms with Gasteiger partial charge in [-0.25, -0.2) is 4.79 Å². The average Bonchev–Trinajstić information content (AvgIpc) is 2.32. The highest BCUT2D eigenvalue weighted by Gasteiger charge is 2.30. The van der Waals surface area contributed by atoms with E-state index in [9.17, 15) is 23.1 Å². The highest BCUT2D eigenvalue weighted by Crippen LogP contribution is 2.32. The number of amides is 1. The van der Waals surface area contributed by atoms with E-state index in [1.165, 1.54) is 0 Å². The van der Waals surface area contributed by atoms with Crippen LogP contribution < -0.4 is 5.32 Å². The maximum Gasteiger partial charge on any atom is 0.416 e. The van der Waals surface area contributed by atoms with Crippen LogP contribution in [0.1, 0.15) is 31.9 Å². The van der Waals surface area contributed by atoms with Crippen LogP contribution in [0.5, 0.6) is 5.75 Å². The van der Waals surface area contributed by atoms with Crippen molar-refractivity contribution in [2.75, 3.05) is 6.54 Å². The summed E-state index contributed by atoms with van der Waals surface area (Å²) in [4.78, 5) is 11.3. The molecule has 0 bridgehead atoms. The number of alkyl carbamates (subject to hydrolysis) is 1. The van der Waals surface area contributed by atoms with E-state index in [0.29, 0.717) is 6.07 Å². The first-order valence-electron chi connectivity index (χ1n) is 6.35. The highest BCUT2D eigenvalue weighted by atomic mass is 19.4. The van der Waals surface area contributed by atoms with Gasteiger partial charge in [-0.05, 0) is 39.0 Å². The van der Waals surface area contributed by atoms with E-state index in [2.05, 4.69) is 17.2 Å². The zero-order chi connectivity index (χ0) is 17.0. The molecule has 0 radical (unpaired) electrons. The van der Waals surface area contributed by atoms with Gasteiger partial charge in [-0.1, -0.05) is 11.8 Å². The van der Waals surface area contributed by atoms with Crippen molar-refractivity contribution in [1.29, 1.82) is 0 Å². The maximum absolute atomic E-state index is 12.4. The van der Waals surface area contributed by atoms with Crippen molar-refractivity contribution in [2.24, 2.45) is 0 Å². The van der Waals surface area contributed by atoms with Crippen LogP contribution in [-0.4, -0.2) is 23.3 Å². The standard InChI is InChI=1S/C15H16F3NO3/c1-14(2,3)22-13(21)19-8-4-5-10-6-7-11(9-12(10)20)15(16,17)18/h6-7,9,20H,8H2,1-3H3,(H,19,21). The molecule has 0 aliphatic carbocycles. The molecule has 0 heterocycles. The van der Waals surface area contributed by atoms with Gasteiger partial charge in [-0.15, -0.1) is 0 Å². The number of halogens is 3. The first-order chi connectivity index (χ1) is 9.99. The Morgan fingerprint density at radius 3 is 2.45 bits per heavy atom. The van der Waals surface area contributed by atoms with E-state index < -0.39 is 29.2 Å². The lowest BCUT2D eigenvalue weighted by molar-refractivity contribution is -0.137. The van der Waals surface area contributed by atoms with Crippen LogP contribution in [-0.2, 0) is 10.9 Å². The molecule has 4 nitrogen and oxygen atoms in total. The third kappa shape index (κ3) is 5.95. The van der Waals surface area contributed by atoms with Crippen molar-refractivity contribution >= 4 is 6.09 Å². The number of phenolic OH excluding ortho intramolecular Hbond substituents is 1. The summed E-state index contributed by atoms with van der Waals surface area (Å²) < 4.78 is 42.2. The van der Waals surface area contributed by atoms with Gasteiger partial charge in [0.15, 0.2) is 0 Å². The predicted octanol–water partition coefficient (Wildman–Crippen LogP) is 3.29. The van der Waals surface area contributed by atoms with Gasteiger partial charge in [0, 0.05) is 0 Å². The number of alkyl halides is 3. The molecule has 0 atom stereocenters. The van der Waals surface area contributed by atoms with Crippen molar-refractivity contribution in [2.45, 2.75) is 32.5 Å². The molecule has 7 heteroatoms. The molecule has 1 rings (SSSR count). The van der Waals surface area contributed by atoms with Crippen molar-refractivity contribution in [3.8, 4) is 17.6 Å². The SMILES string of the molecule is CC(C)(C)OC(=O)NCC#Cc1ccc(C(F)(F)F)cc1O. The summed E-state index contributed by atoms with van der Waals surface area (Å²) in [7, 11) is 0. The minimum Gasteiger partial charge on any atom is -0.507 e. The molecule has 1 aromatic rings. The molecule has 120 valence electrons. The number of rotatable bonds is 1. The Balaban J connectivity index is 2.64. The average molecular weight is 315 g/mol. The highest BCUT2D eigenvalue weighted by molar-refractivity contribution is 5.68. The van der Waals surface area contributed by atoms with Crippen molar-refractivity contribution in [1.82, 2.24) is 5.32 Å². The molecule has 0 aliphatic rings. The predicted molar refractivity (Wildman–Crippen MR) is 74.2 cm³/mol. The minimum absolute atomic E-state index is 0.0407. The topological polar surface area (TPSA) is 58.6 Å². The van der Waals surface area contributed by atoms with Gasteiger partial charge in [-0.2, -0.15) is 13.2 Å². The largest absolute Gasteiger partial charge is 0.507 e. The van der Waals surface area contributed by atoms with Gasteiger partial charge in [0.1, 0.15) is 11.4 Å². The second kappa shape index (κ2) is 6.60. The Bertz CT molecular complexity index is 607. The zero-order valence-corrected chi connectivity index (χ0v) is 12.3. The Kier molecular flexibility index (Phi) is 5.31. The summed E-state index contributed by atoms with van der Waals surface area (Å²) in [5.41, 5.74) is -1.55. The van der Waals surface area contributed by atoms with Crippen LogP contribution in [0, 0.1) is 11.8 Å². The summed E-state index contributed by atoms with van der Waals surface area (Å²) in [6.07, 6.45) is -5.18. The van der Waals surface area contributed by atoms with Crippen molar-refractivity contribution in [3.05, 3.63) is 29.3 Å². The Hall–Kier alpha value is -2.36. The minimum atomic E-state index is -4.53. The number of nitrogens with one attached hydrogen (secondary N) is 1. The molecule has 0 spiro atoms. The van der Waals surface area contributed by atoms with Gasteiger partial charge in [0.25, 0.3) is 0 Å². The second-order valence-corrected chi connectivity index (χ2v) is 5.39. The lowest BCUT2D eigenvalue weighted by atomic mass is 10.1. The lowest BCUT2D eigenvalue weighted by Crippen LogP contribution is -2.32. The fourth-order valence-corrected chi connectivity index (χ4v) is 1.38. The molecule has 0 unspecified atom stereocenters. The van der Waals surface area contributed by atoms with Gasteiger partial charge < -0.3 is 15.2 Å². The van der Waals surface area contributed by atoms with Gasteiger partial charge in [0.2, 0.25) is 0 Å². The van der Waals surface area contributed by atoms with Crippen LogP contribution in [0.15, 0.2) is 18.2 Å². The van der Waals surface area contributed by atoms with Crippen LogP contribution in [0.3, 0.4) is 0 Å². The Labute approximate surface area is 126 Å². The fraction of sp³-hybridized carbons (Fsp3) is 0.400. The van der Waals surface area contributed by atoms with Crippen molar-refractivity contribution < 1.29 is 27.8 Å². The van der Waals surface area contributed by atoms with E-state index in [4.69, 9.17) is 4.74 Å². The number of ether oxygens (including phenoxy) is 1. The number of hydrogen-bond acceptors (Lipinski definition) is 3. The number of aromatic hydroxyl groups is 1. The van der Waals surface area contributed by atoms with E-state index in [0.717, 1.165) is 12.1 Å². The Morgan fingerprint density at radius 1 is 1.32 bits per heavy atom. The third-order valence-corrected chi connectivity index (χ3v) is 2.27. The monoisotopic (exact) mass is 315 g/mol. The molecule has 0 saturated carbocycles. The maximum atomic E-state index is 12.4.